The number of allylic oxidation sites excluding steroid dienone is 1. The molecule has 0 saturated heterocycles. The summed E-state index contributed by atoms with van der Waals surface area (Å²) >= 11 is 12.0. The van der Waals surface area contributed by atoms with Crippen molar-refractivity contribution in [2.75, 3.05) is 7.11 Å². The zero-order valence-corrected chi connectivity index (χ0v) is 18.3. The molecular formula is C23H18Cl2O4S. The highest BCUT2D eigenvalue weighted by Crippen LogP contribution is 2.26. The Morgan fingerprint density at radius 2 is 1.57 bits per heavy atom. The molecule has 4 nitrogen and oxygen atoms in total. The van der Waals surface area contributed by atoms with Gasteiger partial charge in [-0.15, -0.1) is 0 Å². The van der Waals surface area contributed by atoms with Crippen LogP contribution in [0, 0.1) is 0 Å². The summed E-state index contributed by atoms with van der Waals surface area (Å²) in [6.45, 7) is 0. The summed E-state index contributed by atoms with van der Waals surface area (Å²) in [5, 5.41) is 0.773. The number of carbonyl (C=O) groups excluding carboxylic acids is 1. The minimum Gasteiger partial charge on any atom is -0.497 e. The van der Waals surface area contributed by atoms with Gasteiger partial charge in [0.05, 0.1) is 12.9 Å². The minimum absolute atomic E-state index is 0.224. The van der Waals surface area contributed by atoms with Crippen molar-refractivity contribution in [3.63, 3.8) is 0 Å². The molecule has 0 unspecified atom stereocenters. The SMILES string of the molecule is COc1ccc(/C=C(\C(=O)c2ccc(Cl)cc2)S(=O)(=O)Cc2ccccc2Cl)cc1. The van der Waals surface area contributed by atoms with E-state index in [9.17, 15) is 13.2 Å². The number of ether oxygens (including phenoxy) is 1. The molecule has 0 fully saturated rings. The lowest BCUT2D eigenvalue weighted by atomic mass is 10.1. The Morgan fingerprint density at radius 1 is 0.933 bits per heavy atom. The van der Waals surface area contributed by atoms with Crippen LogP contribution < -0.4 is 4.74 Å². The molecule has 0 aromatic heterocycles. The standard InChI is InChI=1S/C23H18Cl2O4S/c1-29-20-12-6-16(7-13-20)14-22(23(26)17-8-10-19(24)11-9-17)30(27,28)15-18-4-2-3-5-21(18)25/h2-14H,15H2,1H3/b22-14+. The quantitative estimate of drug-likeness (QED) is 0.328. The van der Waals surface area contributed by atoms with E-state index in [0.29, 0.717) is 26.9 Å². The van der Waals surface area contributed by atoms with Gasteiger partial charge in [-0.2, -0.15) is 0 Å². The Bertz CT molecular complexity index is 1180. The molecule has 154 valence electrons. The summed E-state index contributed by atoms with van der Waals surface area (Å²) in [5.74, 6) is -0.389. The molecular weight excluding hydrogens is 443 g/mol. The van der Waals surface area contributed by atoms with Gasteiger partial charge in [-0.25, -0.2) is 8.42 Å². The summed E-state index contributed by atoms with van der Waals surface area (Å²) in [7, 11) is -2.47. The van der Waals surface area contributed by atoms with Crippen molar-refractivity contribution in [2.45, 2.75) is 5.75 Å². The highest BCUT2D eigenvalue weighted by atomic mass is 35.5. The normalized spacial score (nSPS) is 11.9. The third kappa shape index (κ3) is 5.30. The molecule has 0 aliphatic carbocycles. The van der Waals surface area contributed by atoms with Crippen molar-refractivity contribution in [3.8, 4) is 5.75 Å². The summed E-state index contributed by atoms with van der Waals surface area (Å²) in [4.78, 5) is 12.8. The van der Waals surface area contributed by atoms with Gasteiger partial charge < -0.3 is 4.74 Å². The second kappa shape index (κ2) is 9.47. The van der Waals surface area contributed by atoms with Crippen LogP contribution in [0.1, 0.15) is 21.5 Å². The fourth-order valence-electron chi connectivity index (χ4n) is 2.79. The number of hydrogen-bond acceptors (Lipinski definition) is 4. The number of benzene rings is 3. The van der Waals surface area contributed by atoms with Gasteiger partial charge in [-0.3, -0.25) is 4.79 Å². The Balaban J connectivity index is 2.07. The number of sulfone groups is 1. The van der Waals surface area contributed by atoms with Gasteiger partial charge in [0.2, 0.25) is 5.78 Å². The van der Waals surface area contributed by atoms with E-state index in [1.54, 1.807) is 60.7 Å². The molecule has 0 atom stereocenters. The average molecular weight is 461 g/mol. The van der Waals surface area contributed by atoms with Gasteiger partial charge >= 0.3 is 0 Å². The van der Waals surface area contributed by atoms with Gasteiger partial charge in [0.15, 0.2) is 9.84 Å². The number of halogens is 2. The Hall–Kier alpha value is -2.60. The van der Waals surface area contributed by atoms with Crippen molar-refractivity contribution in [3.05, 3.63) is 104 Å². The molecule has 7 heteroatoms. The maximum Gasteiger partial charge on any atom is 0.204 e. The molecule has 0 saturated carbocycles. The number of carbonyl (C=O) groups is 1. The van der Waals surface area contributed by atoms with E-state index in [1.165, 1.54) is 25.3 Å². The van der Waals surface area contributed by atoms with Crippen molar-refractivity contribution in [2.24, 2.45) is 0 Å². The van der Waals surface area contributed by atoms with Gasteiger partial charge in [-0.1, -0.05) is 53.5 Å². The van der Waals surface area contributed by atoms with Crippen LogP contribution in [-0.4, -0.2) is 21.3 Å². The first kappa shape index (κ1) is 22.1. The van der Waals surface area contributed by atoms with Crippen LogP contribution in [0.25, 0.3) is 6.08 Å². The highest BCUT2D eigenvalue weighted by molar-refractivity contribution is 7.95. The predicted octanol–water partition coefficient (Wildman–Crippen LogP) is 5.84. The van der Waals surface area contributed by atoms with Crippen LogP contribution in [0.5, 0.6) is 5.75 Å². The summed E-state index contributed by atoms with van der Waals surface area (Å²) in [6, 6.07) is 19.5. The first-order valence-electron chi connectivity index (χ1n) is 8.92. The average Bonchev–Trinajstić information content (AvgIpc) is 2.74. The van der Waals surface area contributed by atoms with Crippen LogP contribution in [-0.2, 0) is 15.6 Å². The number of hydrogen-bond donors (Lipinski definition) is 0. The second-order valence-electron chi connectivity index (χ2n) is 6.47. The lowest BCUT2D eigenvalue weighted by molar-refractivity contribution is 0.104. The van der Waals surface area contributed by atoms with Crippen molar-refractivity contribution in [1.29, 1.82) is 0 Å². The molecule has 0 aliphatic heterocycles. The summed E-state index contributed by atoms with van der Waals surface area (Å²) < 4.78 is 31.7. The third-order valence-corrected chi connectivity index (χ3v) is 6.67. The fraction of sp³-hybridized carbons (Fsp3) is 0.0870. The molecule has 0 amide bonds. The Kier molecular flexibility index (Phi) is 6.98. The smallest absolute Gasteiger partial charge is 0.204 e. The van der Waals surface area contributed by atoms with E-state index >= 15 is 0 Å². The van der Waals surface area contributed by atoms with E-state index in [1.807, 2.05) is 0 Å². The zero-order chi connectivity index (χ0) is 21.7. The topological polar surface area (TPSA) is 60.4 Å². The molecule has 0 spiro atoms. The molecule has 0 aliphatic rings. The maximum absolute atomic E-state index is 13.3. The summed E-state index contributed by atoms with van der Waals surface area (Å²) in [5.41, 5.74) is 1.20. The lowest BCUT2D eigenvalue weighted by Crippen LogP contribution is -2.16. The lowest BCUT2D eigenvalue weighted by Gasteiger charge is -2.11. The number of methoxy groups -OCH3 is 1. The Labute approximate surface area is 185 Å². The van der Waals surface area contributed by atoms with Gasteiger partial charge in [0, 0.05) is 15.6 Å². The predicted molar refractivity (Wildman–Crippen MR) is 121 cm³/mol. The molecule has 0 heterocycles. The van der Waals surface area contributed by atoms with Gasteiger partial charge in [0.25, 0.3) is 0 Å². The van der Waals surface area contributed by atoms with Crippen LogP contribution in [0.3, 0.4) is 0 Å². The van der Waals surface area contributed by atoms with Crippen LogP contribution >= 0.6 is 23.2 Å². The van der Waals surface area contributed by atoms with Gasteiger partial charge in [-0.05, 0) is 59.7 Å². The molecule has 0 bridgehead atoms. The molecule has 0 radical (unpaired) electrons. The van der Waals surface area contributed by atoms with E-state index in [4.69, 9.17) is 27.9 Å². The number of Topliss-reactive ketones (excluding diaryl/α,β-unsaturated/α-hetero) is 1. The molecule has 30 heavy (non-hydrogen) atoms. The number of rotatable bonds is 7. The molecule has 3 aromatic rings. The van der Waals surface area contributed by atoms with Gasteiger partial charge in [0.1, 0.15) is 10.7 Å². The number of ketones is 1. The maximum atomic E-state index is 13.3. The van der Waals surface area contributed by atoms with Crippen molar-refractivity contribution in [1.82, 2.24) is 0 Å². The summed E-state index contributed by atoms with van der Waals surface area (Å²) in [6.07, 6.45) is 1.36. The van der Waals surface area contributed by atoms with E-state index in [2.05, 4.69) is 0 Å². The molecule has 3 rings (SSSR count). The monoisotopic (exact) mass is 460 g/mol. The zero-order valence-electron chi connectivity index (χ0n) is 16.0. The van der Waals surface area contributed by atoms with E-state index in [-0.39, 0.29) is 10.5 Å². The van der Waals surface area contributed by atoms with Crippen LogP contribution in [0.2, 0.25) is 10.0 Å². The second-order valence-corrected chi connectivity index (χ2v) is 9.27. The minimum atomic E-state index is -4.01. The molecule has 0 N–H and O–H groups in total. The highest BCUT2D eigenvalue weighted by Gasteiger charge is 2.27. The van der Waals surface area contributed by atoms with Crippen LogP contribution in [0.15, 0.2) is 77.7 Å². The molecule has 3 aromatic carbocycles. The Morgan fingerprint density at radius 3 is 2.17 bits per heavy atom. The van der Waals surface area contributed by atoms with E-state index < -0.39 is 21.4 Å². The van der Waals surface area contributed by atoms with Crippen molar-refractivity contribution >= 4 is 44.9 Å². The first-order chi connectivity index (χ1) is 14.3. The van der Waals surface area contributed by atoms with Crippen LogP contribution in [0.4, 0.5) is 0 Å². The fourth-order valence-corrected chi connectivity index (χ4v) is 4.73. The third-order valence-electron chi connectivity index (χ3n) is 4.38. The largest absolute Gasteiger partial charge is 0.497 e. The van der Waals surface area contributed by atoms with E-state index in [0.717, 1.165) is 0 Å². The first-order valence-corrected chi connectivity index (χ1v) is 11.3. The van der Waals surface area contributed by atoms with Crippen molar-refractivity contribution < 1.29 is 17.9 Å².